The predicted octanol–water partition coefficient (Wildman–Crippen LogP) is -0.581. The van der Waals surface area contributed by atoms with Gasteiger partial charge in [-0.1, -0.05) is 5.21 Å². The first-order valence-electron chi connectivity index (χ1n) is 7.26. The highest BCUT2D eigenvalue weighted by atomic mass is 16.7. The topological polar surface area (TPSA) is 144 Å². The molecule has 2 N–H and O–H groups in total. The molecule has 12 heteroatoms. The second kappa shape index (κ2) is 5.74. The maximum atomic E-state index is 12.5. The highest BCUT2D eigenvalue weighted by Crippen LogP contribution is 2.21. The number of aromatic nitrogens is 7. The largest absolute Gasteiger partial charge is 0.506 e. The summed E-state index contributed by atoms with van der Waals surface area (Å²) in [6, 6.07) is 1.63. The Morgan fingerprint density at radius 2 is 2.12 bits per heavy atom. The van der Waals surface area contributed by atoms with E-state index >= 15 is 0 Å². The van der Waals surface area contributed by atoms with Crippen LogP contribution in [0.3, 0.4) is 0 Å². The smallest absolute Gasteiger partial charge is 0.450 e. The van der Waals surface area contributed by atoms with Crippen molar-refractivity contribution in [1.82, 2.24) is 34.7 Å². The Kier molecular flexibility index (Phi) is 3.41. The molecule has 128 valence electrons. The highest BCUT2D eigenvalue weighted by molar-refractivity contribution is 5.58. The number of hydrogen-bond donors (Lipinski definition) is 2. The monoisotopic (exact) mass is 344 g/mol. The summed E-state index contributed by atoms with van der Waals surface area (Å²) < 4.78 is 7.28. The summed E-state index contributed by atoms with van der Waals surface area (Å²) in [6.07, 6.45) is 4.18. The molecule has 0 bridgehead atoms. The normalized spacial score (nSPS) is 14.3. The number of H-pyrrole nitrogens is 1. The number of anilines is 1. The zero-order valence-corrected chi connectivity index (χ0v) is 12.7. The minimum Gasteiger partial charge on any atom is -0.450 e. The molecule has 3 aromatic heterocycles. The molecule has 3 aromatic rings. The van der Waals surface area contributed by atoms with E-state index in [0.29, 0.717) is 30.4 Å². The summed E-state index contributed by atoms with van der Waals surface area (Å²) in [5, 5.41) is 18.9. The van der Waals surface area contributed by atoms with Gasteiger partial charge in [-0.25, -0.2) is 19.4 Å². The Bertz CT molecular complexity index is 957. The van der Waals surface area contributed by atoms with Crippen LogP contribution in [0.5, 0.6) is 0 Å². The molecular weight excluding hydrogens is 332 g/mol. The summed E-state index contributed by atoms with van der Waals surface area (Å²) in [6.45, 7) is 0.791. The number of hydrogen-bond acceptors (Lipinski definition) is 8. The van der Waals surface area contributed by atoms with Crippen LogP contribution in [0, 0.1) is 0 Å². The molecule has 1 aliphatic heterocycles. The Labute approximate surface area is 139 Å². The lowest BCUT2D eigenvalue weighted by Crippen LogP contribution is -2.53. The number of nitrogens with one attached hydrogen (secondary N) is 1. The summed E-state index contributed by atoms with van der Waals surface area (Å²) in [7, 11) is 0. The number of rotatable bonds is 4. The van der Waals surface area contributed by atoms with E-state index in [2.05, 4.69) is 30.1 Å². The molecule has 0 aliphatic carbocycles. The third-order valence-electron chi connectivity index (χ3n) is 3.73. The Balaban J connectivity index is 1.57. The standard InChI is InChI=1S/C13H12N8O4/c22-12-9(20-2-1-16-18-20)4-17-21(12)11-3-10(14-7-15-11)19-5-8(6-19)25-13(23)24/h1-4,7-8,17H,5-6H2,(H,23,24). The molecular formula is C13H12N8O4. The van der Waals surface area contributed by atoms with Gasteiger partial charge in [0.15, 0.2) is 11.5 Å². The van der Waals surface area contributed by atoms with Crippen LogP contribution in [-0.4, -0.2) is 65.2 Å². The maximum Gasteiger partial charge on any atom is 0.506 e. The van der Waals surface area contributed by atoms with Crippen molar-refractivity contribution in [2.75, 3.05) is 18.0 Å². The van der Waals surface area contributed by atoms with Gasteiger partial charge in [0, 0.05) is 6.07 Å². The van der Waals surface area contributed by atoms with E-state index in [0.717, 1.165) is 0 Å². The van der Waals surface area contributed by atoms with Crippen molar-refractivity contribution in [2.24, 2.45) is 0 Å². The van der Waals surface area contributed by atoms with E-state index in [1.165, 1.54) is 28.1 Å². The van der Waals surface area contributed by atoms with E-state index in [4.69, 9.17) is 5.11 Å². The summed E-state index contributed by atoms with van der Waals surface area (Å²) >= 11 is 0. The zero-order chi connectivity index (χ0) is 17.4. The SMILES string of the molecule is O=C(O)OC1CN(c2cc(-n3[nH]cc(-n4ccnn4)c3=O)ncn2)C1. The lowest BCUT2D eigenvalue weighted by Gasteiger charge is -2.38. The lowest BCUT2D eigenvalue weighted by atomic mass is 10.1. The fraction of sp³-hybridized carbons (Fsp3) is 0.231. The molecule has 1 aliphatic rings. The third kappa shape index (κ3) is 2.69. The van der Waals surface area contributed by atoms with Crippen LogP contribution in [0.2, 0.25) is 0 Å². The van der Waals surface area contributed by atoms with Crippen molar-refractivity contribution in [3.05, 3.63) is 41.3 Å². The minimum absolute atomic E-state index is 0.302. The van der Waals surface area contributed by atoms with Crippen LogP contribution < -0.4 is 10.5 Å². The molecule has 0 spiro atoms. The van der Waals surface area contributed by atoms with Crippen LogP contribution in [0.4, 0.5) is 10.6 Å². The van der Waals surface area contributed by atoms with Crippen LogP contribution >= 0.6 is 0 Å². The van der Waals surface area contributed by atoms with Crippen molar-refractivity contribution < 1.29 is 14.6 Å². The van der Waals surface area contributed by atoms with Gasteiger partial charge in [-0.2, -0.15) is 4.68 Å². The van der Waals surface area contributed by atoms with Crippen molar-refractivity contribution >= 4 is 12.0 Å². The number of ether oxygens (including phenoxy) is 1. The Morgan fingerprint density at radius 3 is 2.84 bits per heavy atom. The van der Waals surface area contributed by atoms with E-state index < -0.39 is 6.16 Å². The fourth-order valence-corrected chi connectivity index (χ4v) is 2.51. The average Bonchev–Trinajstić information content (AvgIpc) is 3.19. The summed E-state index contributed by atoms with van der Waals surface area (Å²) in [5.74, 6) is 0.919. The molecule has 0 saturated carbocycles. The highest BCUT2D eigenvalue weighted by Gasteiger charge is 2.31. The number of aromatic amines is 1. The quantitative estimate of drug-likeness (QED) is 0.594. The Hall–Kier alpha value is -3.70. The molecule has 0 aromatic carbocycles. The van der Waals surface area contributed by atoms with Crippen molar-refractivity contribution in [3.63, 3.8) is 0 Å². The molecule has 0 atom stereocenters. The van der Waals surface area contributed by atoms with Gasteiger partial charge < -0.3 is 14.7 Å². The van der Waals surface area contributed by atoms with Gasteiger partial charge in [0.05, 0.1) is 31.7 Å². The Morgan fingerprint density at radius 1 is 1.32 bits per heavy atom. The molecule has 0 unspecified atom stereocenters. The second-order valence-electron chi connectivity index (χ2n) is 5.29. The average molecular weight is 344 g/mol. The van der Waals surface area contributed by atoms with E-state index in [1.807, 2.05) is 4.90 Å². The second-order valence-corrected chi connectivity index (χ2v) is 5.29. The van der Waals surface area contributed by atoms with Gasteiger partial charge in [0.25, 0.3) is 5.56 Å². The first-order chi connectivity index (χ1) is 12.1. The van der Waals surface area contributed by atoms with Crippen LogP contribution in [0.15, 0.2) is 35.8 Å². The van der Waals surface area contributed by atoms with Crippen molar-refractivity contribution in [2.45, 2.75) is 6.10 Å². The van der Waals surface area contributed by atoms with Gasteiger partial charge in [-0.05, 0) is 0 Å². The van der Waals surface area contributed by atoms with Crippen molar-refractivity contribution in [3.8, 4) is 11.5 Å². The zero-order valence-electron chi connectivity index (χ0n) is 12.7. The van der Waals surface area contributed by atoms with E-state index in [9.17, 15) is 9.59 Å². The molecule has 4 heterocycles. The maximum absolute atomic E-state index is 12.5. The first kappa shape index (κ1) is 14.9. The van der Waals surface area contributed by atoms with Gasteiger partial charge >= 0.3 is 6.16 Å². The third-order valence-corrected chi connectivity index (χ3v) is 3.73. The number of carboxylic acid groups (broad SMARTS) is 1. The van der Waals surface area contributed by atoms with Crippen molar-refractivity contribution in [1.29, 1.82) is 0 Å². The lowest BCUT2D eigenvalue weighted by molar-refractivity contribution is 0.0396. The number of carbonyl (C=O) groups is 1. The van der Waals surface area contributed by atoms with Gasteiger partial charge in [-0.3, -0.25) is 9.89 Å². The van der Waals surface area contributed by atoms with Gasteiger partial charge in [-0.15, -0.1) is 5.10 Å². The van der Waals surface area contributed by atoms with E-state index in [-0.39, 0.29) is 11.7 Å². The number of nitrogens with zero attached hydrogens (tertiary/aromatic N) is 7. The minimum atomic E-state index is -1.30. The van der Waals surface area contributed by atoms with Crippen LogP contribution in [0.1, 0.15) is 0 Å². The summed E-state index contributed by atoms with van der Waals surface area (Å²) in [4.78, 5) is 33.1. The predicted molar refractivity (Wildman–Crippen MR) is 82.0 cm³/mol. The molecule has 25 heavy (non-hydrogen) atoms. The van der Waals surface area contributed by atoms with Crippen LogP contribution in [0.25, 0.3) is 11.5 Å². The van der Waals surface area contributed by atoms with E-state index in [1.54, 1.807) is 12.3 Å². The van der Waals surface area contributed by atoms with Crippen LogP contribution in [-0.2, 0) is 4.74 Å². The summed E-state index contributed by atoms with van der Waals surface area (Å²) in [5.41, 5.74) is -0.0395. The molecule has 4 rings (SSSR count). The van der Waals surface area contributed by atoms with Gasteiger partial charge in [0.1, 0.15) is 18.2 Å². The molecule has 12 nitrogen and oxygen atoms in total. The molecule has 0 amide bonds. The molecule has 0 radical (unpaired) electrons. The fourth-order valence-electron chi connectivity index (χ4n) is 2.51. The molecule has 1 fully saturated rings. The molecule has 1 saturated heterocycles. The first-order valence-corrected chi connectivity index (χ1v) is 7.26. The van der Waals surface area contributed by atoms with Gasteiger partial charge in [0.2, 0.25) is 0 Å².